The number of hydrogen-bond donors (Lipinski definition) is 0. The number of hydrogen-bond acceptors (Lipinski definition) is 2. The average Bonchev–Trinajstić information content (AvgIpc) is 2.66. The minimum atomic E-state index is -3.68. The van der Waals surface area contributed by atoms with Gasteiger partial charge in [0.2, 0.25) is 9.84 Å². The molecule has 0 fully saturated rings. The highest BCUT2D eigenvalue weighted by atomic mass is 35.5. The summed E-state index contributed by atoms with van der Waals surface area (Å²) in [6, 6.07) is 7.31. The molecule has 5 heteroatoms. The van der Waals surface area contributed by atoms with E-state index in [0.717, 1.165) is 60.8 Å². The summed E-state index contributed by atoms with van der Waals surface area (Å²) in [5.74, 6) is 0. The highest BCUT2D eigenvalue weighted by Crippen LogP contribution is 2.35. The minimum absolute atomic E-state index is 0.398. The van der Waals surface area contributed by atoms with Gasteiger partial charge in [0.05, 0.1) is 9.79 Å². The van der Waals surface area contributed by atoms with Crippen molar-refractivity contribution in [1.29, 1.82) is 0 Å². The SMILES string of the molecule is CCCc1cc(S(=O)(=O)c2cc(CCC)c(Cl)cc2CCC)c(CCC)cc1Cl. The molecular weight excluding hydrogens is 423 g/mol. The van der Waals surface area contributed by atoms with Crippen LogP contribution in [0.4, 0.5) is 0 Å². The fourth-order valence-corrected chi connectivity index (χ4v) is 6.15. The van der Waals surface area contributed by atoms with Crippen LogP contribution in [0.25, 0.3) is 0 Å². The predicted molar refractivity (Wildman–Crippen MR) is 124 cm³/mol. The van der Waals surface area contributed by atoms with Crippen LogP contribution in [0, 0.1) is 0 Å². The van der Waals surface area contributed by atoms with Crippen molar-refractivity contribution in [2.45, 2.75) is 88.9 Å². The maximum Gasteiger partial charge on any atom is 0.207 e. The summed E-state index contributed by atoms with van der Waals surface area (Å²) < 4.78 is 27.7. The molecule has 2 nitrogen and oxygen atoms in total. The molecule has 0 bridgehead atoms. The zero-order valence-corrected chi connectivity index (χ0v) is 20.3. The summed E-state index contributed by atoms with van der Waals surface area (Å²) in [6.07, 6.45) is 6.42. The molecule has 0 radical (unpaired) electrons. The van der Waals surface area contributed by atoms with Crippen molar-refractivity contribution in [2.24, 2.45) is 0 Å². The lowest BCUT2D eigenvalue weighted by Crippen LogP contribution is -2.11. The summed E-state index contributed by atoms with van der Waals surface area (Å²) in [5, 5.41) is 1.32. The second-order valence-corrected chi connectivity index (χ2v) is 10.3. The number of halogens is 2. The number of aryl methyl sites for hydroxylation is 4. The van der Waals surface area contributed by atoms with E-state index < -0.39 is 9.84 Å². The molecule has 0 spiro atoms. The summed E-state index contributed by atoms with van der Waals surface area (Å²) >= 11 is 12.9. The molecular formula is C24H32Cl2O2S. The molecule has 0 amide bonds. The Morgan fingerprint density at radius 2 is 0.897 bits per heavy atom. The van der Waals surface area contributed by atoms with Crippen LogP contribution in [0.15, 0.2) is 34.1 Å². The lowest BCUT2D eigenvalue weighted by molar-refractivity contribution is 0.592. The van der Waals surface area contributed by atoms with Crippen LogP contribution in [-0.2, 0) is 35.5 Å². The lowest BCUT2D eigenvalue weighted by Gasteiger charge is -2.18. The molecule has 0 atom stereocenters. The Bertz CT molecular complexity index is 878. The van der Waals surface area contributed by atoms with Gasteiger partial charge in [-0.25, -0.2) is 8.42 Å². The first-order valence-corrected chi connectivity index (χ1v) is 12.9. The van der Waals surface area contributed by atoms with Gasteiger partial charge in [0.15, 0.2) is 0 Å². The average molecular weight is 455 g/mol. The first kappa shape index (κ1) is 24.2. The Balaban J connectivity index is 2.77. The Labute approximate surface area is 186 Å². The van der Waals surface area contributed by atoms with Gasteiger partial charge in [-0.05, 0) is 72.2 Å². The molecule has 0 saturated carbocycles. The van der Waals surface area contributed by atoms with Gasteiger partial charge < -0.3 is 0 Å². The minimum Gasteiger partial charge on any atom is -0.218 e. The number of rotatable bonds is 10. The molecule has 2 aromatic rings. The fraction of sp³-hybridized carbons (Fsp3) is 0.500. The van der Waals surface area contributed by atoms with Crippen molar-refractivity contribution in [3.63, 3.8) is 0 Å². The van der Waals surface area contributed by atoms with Crippen LogP contribution < -0.4 is 0 Å². The molecule has 0 unspecified atom stereocenters. The zero-order chi connectivity index (χ0) is 21.6. The van der Waals surface area contributed by atoms with Gasteiger partial charge in [-0.2, -0.15) is 0 Å². The van der Waals surface area contributed by atoms with Crippen LogP contribution in [0.5, 0.6) is 0 Å². The van der Waals surface area contributed by atoms with E-state index in [1.807, 2.05) is 12.1 Å². The van der Waals surface area contributed by atoms with Gasteiger partial charge in [0, 0.05) is 10.0 Å². The fourth-order valence-electron chi connectivity index (χ4n) is 3.74. The van der Waals surface area contributed by atoms with Gasteiger partial charge in [0.25, 0.3) is 0 Å². The van der Waals surface area contributed by atoms with E-state index >= 15 is 0 Å². The second kappa shape index (κ2) is 10.8. The van der Waals surface area contributed by atoms with Crippen LogP contribution in [0.1, 0.15) is 75.6 Å². The summed E-state index contributed by atoms with van der Waals surface area (Å²) in [6.45, 7) is 8.24. The molecule has 0 saturated heterocycles. The molecule has 0 aliphatic heterocycles. The van der Waals surface area contributed by atoms with E-state index in [-0.39, 0.29) is 0 Å². The highest BCUT2D eigenvalue weighted by Gasteiger charge is 2.26. The standard InChI is InChI=1S/C24H32Cl2O2S/c1-5-9-17-15-23(19(11-7-3)13-21(17)25)29(27,28)24-16-18(10-6-2)22(26)14-20(24)12-8-4/h13-16H,5-12H2,1-4H3. The first-order chi connectivity index (χ1) is 13.8. The molecule has 0 aliphatic carbocycles. The molecule has 0 aromatic heterocycles. The van der Waals surface area contributed by atoms with E-state index in [4.69, 9.17) is 23.2 Å². The molecule has 0 N–H and O–H groups in total. The smallest absolute Gasteiger partial charge is 0.207 e. The molecule has 2 aromatic carbocycles. The van der Waals surface area contributed by atoms with Crippen molar-refractivity contribution < 1.29 is 8.42 Å². The van der Waals surface area contributed by atoms with Gasteiger partial charge in [-0.3, -0.25) is 0 Å². The third-order valence-electron chi connectivity index (χ3n) is 5.12. The van der Waals surface area contributed by atoms with E-state index in [1.54, 1.807) is 12.1 Å². The van der Waals surface area contributed by atoms with E-state index in [0.29, 0.717) is 32.7 Å². The maximum absolute atomic E-state index is 13.9. The van der Waals surface area contributed by atoms with Crippen LogP contribution in [0.3, 0.4) is 0 Å². The van der Waals surface area contributed by atoms with Crippen molar-refractivity contribution in [3.05, 3.63) is 56.6 Å². The molecule has 2 rings (SSSR count). The molecule has 0 aliphatic rings. The maximum atomic E-state index is 13.9. The third-order valence-corrected chi connectivity index (χ3v) is 7.74. The normalized spacial score (nSPS) is 11.8. The van der Waals surface area contributed by atoms with Crippen molar-refractivity contribution in [1.82, 2.24) is 0 Å². The van der Waals surface area contributed by atoms with E-state index in [1.165, 1.54) is 0 Å². The number of benzene rings is 2. The Morgan fingerprint density at radius 1 is 0.586 bits per heavy atom. The quantitative estimate of drug-likeness (QED) is 0.369. The highest BCUT2D eigenvalue weighted by molar-refractivity contribution is 7.91. The van der Waals surface area contributed by atoms with Crippen molar-refractivity contribution >= 4 is 33.0 Å². The lowest BCUT2D eigenvalue weighted by atomic mass is 10.0. The van der Waals surface area contributed by atoms with Crippen molar-refractivity contribution in [2.75, 3.05) is 0 Å². The Hall–Kier alpha value is -1.03. The van der Waals surface area contributed by atoms with Gasteiger partial charge in [0.1, 0.15) is 0 Å². The van der Waals surface area contributed by atoms with E-state index in [2.05, 4.69) is 27.7 Å². The molecule has 29 heavy (non-hydrogen) atoms. The van der Waals surface area contributed by atoms with Gasteiger partial charge >= 0.3 is 0 Å². The molecule has 160 valence electrons. The monoisotopic (exact) mass is 454 g/mol. The Kier molecular flexibility index (Phi) is 9.06. The zero-order valence-electron chi connectivity index (χ0n) is 17.9. The summed E-state index contributed by atoms with van der Waals surface area (Å²) in [4.78, 5) is 0.795. The largest absolute Gasteiger partial charge is 0.218 e. The summed E-state index contributed by atoms with van der Waals surface area (Å²) in [5.41, 5.74) is 3.39. The summed E-state index contributed by atoms with van der Waals surface area (Å²) in [7, 11) is -3.68. The number of sulfone groups is 1. The second-order valence-electron chi connectivity index (χ2n) is 7.61. The first-order valence-electron chi connectivity index (χ1n) is 10.7. The van der Waals surface area contributed by atoms with Crippen molar-refractivity contribution in [3.8, 4) is 0 Å². The molecule has 0 heterocycles. The van der Waals surface area contributed by atoms with Gasteiger partial charge in [-0.1, -0.05) is 76.6 Å². The predicted octanol–water partition coefficient (Wildman–Crippen LogP) is 7.64. The third kappa shape index (κ3) is 5.57. The topological polar surface area (TPSA) is 34.1 Å². The van der Waals surface area contributed by atoms with Crippen LogP contribution >= 0.6 is 23.2 Å². The van der Waals surface area contributed by atoms with E-state index in [9.17, 15) is 8.42 Å². The van der Waals surface area contributed by atoms with Crippen LogP contribution in [-0.4, -0.2) is 8.42 Å². The Morgan fingerprint density at radius 3 is 1.21 bits per heavy atom. The van der Waals surface area contributed by atoms with Crippen LogP contribution in [0.2, 0.25) is 10.0 Å². The van der Waals surface area contributed by atoms with Gasteiger partial charge in [-0.15, -0.1) is 0 Å².